The van der Waals surface area contributed by atoms with Gasteiger partial charge in [-0.1, -0.05) is 197 Å². The van der Waals surface area contributed by atoms with Crippen LogP contribution in [0.3, 0.4) is 0 Å². The van der Waals surface area contributed by atoms with Gasteiger partial charge in [-0.3, -0.25) is 4.79 Å². The molecule has 0 aliphatic carbocycles. The molecule has 392 valence electrons. The lowest BCUT2D eigenvalue weighted by molar-refractivity contribution is -0.303. The molecule has 0 aromatic carbocycles. The number of hydrogen-bond acceptors (Lipinski definition) is 10. The smallest absolute Gasteiger partial charge is 0.249 e. The summed E-state index contributed by atoms with van der Waals surface area (Å²) in [5.41, 5.74) is 0. The average molecular weight is 950 g/mol. The summed E-state index contributed by atoms with van der Waals surface area (Å²) in [6, 6.07) is -1.20. The van der Waals surface area contributed by atoms with Crippen molar-refractivity contribution >= 4 is 5.91 Å². The van der Waals surface area contributed by atoms with E-state index in [1.54, 1.807) is 0 Å². The molecule has 11 nitrogen and oxygen atoms in total. The van der Waals surface area contributed by atoms with Crippen molar-refractivity contribution in [3.8, 4) is 0 Å². The molecule has 9 atom stereocenters. The van der Waals surface area contributed by atoms with E-state index in [9.17, 15) is 40.5 Å². The number of aliphatic hydroxyl groups excluding tert-OH is 7. The van der Waals surface area contributed by atoms with E-state index < -0.39 is 74.2 Å². The second-order valence-electron chi connectivity index (χ2n) is 19.3. The maximum absolute atomic E-state index is 13.1. The molecule has 67 heavy (non-hydrogen) atoms. The minimum Gasteiger partial charge on any atom is -0.394 e. The van der Waals surface area contributed by atoms with Crippen LogP contribution in [0, 0.1) is 0 Å². The molecule has 0 aromatic heterocycles. The Balaban J connectivity index is 2.38. The second-order valence-corrected chi connectivity index (χ2v) is 19.3. The zero-order chi connectivity index (χ0) is 49.0. The maximum atomic E-state index is 13.1. The molecule has 0 spiro atoms. The number of nitrogens with one attached hydrogen (secondary N) is 1. The van der Waals surface area contributed by atoms with E-state index in [0.717, 1.165) is 70.6 Å². The van der Waals surface area contributed by atoms with Gasteiger partial charge >= 0.3 is 0 Å². The highest BCUT2D eigenvalue weighted by Crippen LogP contribution is 2.23. The first-order valence-corrected chi connectivity index (χ1v) is 27.5. The molecule has 0 radical (unpaired) electrons. The van der Waals surface area contributed by atoms with Crippen molar-refractivity contribution in [2.75, 3.05) is 13.2 Å². The monoisotopic (exact) mass is 950 g/mol. The van der Waals surface area contributed by atoms with Crippen molar-refractivity contribution in [1.82, 2.24) is 5.32 Å². The summed E-state index contributed by atoms with van der Waals surface area (Å²) in [5, 5.41) is 75.9. The number of ether oxygens (including phenoxy) is 2. The van der Waals surface area contributed by atoms with E-state index in [-0.39, 0.29) is 12.8 Å². The number of aliphatic hydroxyl groups is 7. The van der Waals surface area contributed by atoms with E-state index in [1.807, 2.05) is 0 Å². The maximum Gasteiger partial charge on any atom is 0.249 e. The molecule has 1 amide bonds. The van der Waals surface area contributed by atoms with Crippen molar-refractivity contribution < 1.29 is 50.0 Å². The molecule has 8 N–H and O–H groups in total. The molecule has 1 aliphatic heterocycles. The summed E-state index contributed by atoms with van der Waals surface area (Å²) in [5.74, 6) is -0.719. The van der Waals surface area contributed by atoms with Crippen molar-refractivity contribution in [2.45, 2.75) is 287 Å². The summed E-state index contributed by atoms with van der Waals surface area (Å²) in [6.45, 7) is 3.41. The van der Waals surface area contributed by atoms with E-state index in [4.69, 9.17) is 9.47 Å². The molecular formula is C56H103NO10. The highest BCUT2D eigenvalue weighted by atomic mass is 16.7. The third-order valence-corrected chi connectivity index (χ3v) is 13.1. The topological polar surface area (TPSA) is 189 Å². The van der Waals surface area contributed by atoms with Gasteiger partial charge in [0, 0.05) is 0 Å². The highest BCUT2D eigenvalue weighted by molar-refractivity contribution is 5.80. The van der Waals surface area contributed by atoms with Crippen molar-refractivity contribution in [1.29, 1.82) is 0 Å². The standard InChI is InChI=1S/C56H103NO10/c1-3-5-7-9-11-13-15-17-19-21-22-23-24-25-26-27-28-30-31-33-35-37-39-41-43-48(59)51(61)47(46-66-56-54(64)53(63)52(62)50(45-58)67-56)57-55(65)49(60)44-42-40-38-36-34-32-29-20-18-16-14-12-10-8-6-4-2/h12,14,18,20,28,30,35,37,47-54,56,58-64H,3-11,13,15-17,19,21-27,29,31-34,36,38-46H2,1-2H3,(H,57,65)/b14-12-,20-18-,30-28+,37-35+. The molecule has 1 saturated heterocycles. The Labute approximate surface area is 409 Å². The number of unbranched alkanes of at least 4 members (excludes halogenated alkanes) is 26. The molecular weight excluding hydrogens is 847 g/mol. The van der Waals surface area contributed by atoms with E-state index in [0.29, 0.717) is 19.3 Å². The van der Waals surface area contributed by atoms with Crippen LogP contribution >= 0.6 is 0 Å². The number of allylic oxidation sites excluding steroid dienone is 8. The van der Waals surface area contributed by atoms with Crippen LogP contribution in [0.1, 0.15) is 232 Å². The zero-order valence-electron chi connectivity index (χ0n) is 42.6. The van der Waals surface area contributed by atoms with Gasteiger partial charge < -0.3 is 50.5 Å². The molecule has 1 aliphatic rings. The van der Waals surface area contributed by atoms with Crippen molar-refractivity contribution in [3.05, 3.63) is 48.6 Å². The first-order valence-electron chi connectivity index (χ1n) is 27.5. The summed E-state index contributed by atoms with van der Waals surface area (Å²) in [6.07, 6.45) is 44.5. The van der Waals surface area contributed by atoms with Crippen LogP contribution < -0.4 is 5.32 Å². The van der Waals surface area contributed by atoms with Crippen LogP contribution in [-0.2, 0) is 14.3 Å². The van der Waals surface area contributed by atoms with E-state index in [1.165, 1.54) is 116 Å². The summed E-state index contributed by atoms with van der Waals surface area (Å²) in [7, 11) is 0. The zero-order valence-corrected chi connectivity index (χ0v) is 42.6. The lowest BCUT2D eigenvalue weighted by Crippen LogP contribution is -2.60. The lowest BCUT2D eigenvalue weighted by atomic mass is 9.98. The van der Waals surface area contributed by atoms with Gasteiger partial charge in [-0.15, -0.1) is 0 Å². The Morgan fingerprint density at radius 2 is 0.940 bits per heavy atom. The number of rotatable bonds is 46. The summed E-state index contributed by atoms with van der Waals surface area (Å²) >= 11 is 0. The van der Waals surface area contributed by atoms with Crippen LogP contribution in [-0.4, -0.2) is 110 Å². The first-order chi connectivity index (χ1) is 32.7. The van der Waals surface area contributed by atoms with Crippen molar-refractivity contribution in [2.24, 2.45) is 0 Å². The third-order valence-electron chi connectivity index (χ3n) is 13.1. The Morgan fingerprint density at radius 1 is 0.522 bits per heavy atom. The largest absolute Gasteiger partial charge is 0.394 e. The number of carbonyl (C=O) groups excluding carboxylic acids is 1. The van der Waals surface area contributed by atoms with E-state index in [2.05, 4.69) is 67.8 Å². The van der Waals surface area contributed by atoms with Crippen LogP contribution in [0.5, 0.6) is 0 Å². The fourth-order valence-electron chi connectivity index (χ4n) is 8.55. The summed E-state index contributed by atoms with van der Waals surface area (Å²) in [4.78, 5) is 13.1. The van der Waals surface area contributed by atoms with Gasteiger partial charge in [0.05, 0.1) is 25.4 Å². The van der Waals surface area contributed by atoms with Gasteiger partial charge in [-0.25, -0.2) is 0 Å². The first kappa shape index (κ1) is 63.1. The molecule has 0 bridgehead atoms. The molecule has 1 rings (SSSR count). The molecule has 9 unspecified atom stereocenters. The number of carbonyl (C=O) groups is 1. The predicted molar refractivity (Wildman–Crippen MR) is 275 cm³/mol. The van der Waals surface area contributed by atoms with Crippen molar-refractivity contribution in [3.63, 3.8) is 0 Å². The quantitative estimate of drug-likeness (QED) is 0.0215. The average Bonchev–Trinajstić information content (AvgIpc) is 3.33. The van der Waals surface area contributed by atoms with Crippen LogP contribution in [0.25, 0.3) is 0 Å². The van der Waals surface area contributed by atoms with Crippen LogP contribution in [0.4, 0.5) is 0 Å². The highest BCUT2D eigenvalue weighted by Gasteiger charge is 2.44. The van der Waals surface area contributed by atoms with Gasteiger partial charge in [-0.05, 0) is 83.5 Å². The number of amides is 1. The lowest BCUT2D eigenvalue weighted by Gasteiger charge is -2.40. The molecule has 0 aromatic rings. The van der Waals surface area contributed by atoms with Gasteiger partial charge in [-0.2, -0.15) is 0 Å². The molecule has 11 heteroatoms. The summed E-state index contributed by atoms with van der Waals surface area (Å²) < 4.78 is 11.1. The van der Waals surface area contributed by atoms with Gasteiger partial charge in [0.15, 0.2) is 6.29 Å². The van der Waals surface area contributed by atoms with E-state index >= 15 is 0 Å². The molecule has 1 fully saturated rings. The van der Waals surface area contributed by atoms with Gasteiger partial charge in [0.25, 0.3) is 0 Å². The number of hydrogen-bond donors (Lipinski definition) is 8. The fourth-order valence-corrected chi connectivity index (χ4v) is 8.55. The van der Waals surface area contributed by atoms with Gasteiger partial charge in [0.2, 0.25) is 5.91 Å². The third kappa shape index (κ3) is 34.1. The Kier molecular flexibility index (Phi) is 42.6. The Hall–Kier alpha value is -1.93. The molecule has 1 heterocycles. The predicted octanol–water partition coefficient (Wildman–Crippen LogP) is 10.9. The van der Waals surface area contributed by atoms with Crippen LogP contribution in [0.2, 0.25) is 0 Å². The fraction of sp³-hybridized carbons (Fsp3) is 0.839. The minimum atomic E-state index is -1.67. The Bertz CT molecular complexity index is 1230. The Morgan fingerprint density at radius 3 is 1.45 bits per heavy atom. The normalized spacial score (nSPS) is 21.0. The van der Waals surface area contributed by atoms with Crippen LogP contribution in [0.15, 0.2) is 48.6 Å². The second kappa shape index (κ2) is 45.2. The SMILES string of the molecule is CCCCC/C=C\C/C=C\CCCCCCCCC(O)C(=O)NC(COC1OC(CO)C(O)C(O)C1O)C(O)C(O)CCC/C=C/CC/C=C/CCCCCCCCCCCCCCCCC. The minimum absolute atomic E-state index is 0.237. The van der Waals surface area contributed by atoms with Gasteiger partial charge in [0.1, 0.15) is 36.6 Å². The molecule has 0 saturated carbocycles.